The number of pyridine rings is 1. The van der Waals surface area contributed by atoms with Crippen LogP contribution in [0.25, 0.3) is 11.3 Å². The monoisotopic (exact) mass is 369 g/mol. The number of nitrogens with zero attached hydrogens (tertiary/aromatic N) is 3. The molecule has 1 aliphatic heterocycles. The van der Waals surface area contributed by atoms with Gasteiger partial charge in [0.1, 0.15) is 6.07 Å². The molecule has 6 heteroatoms. The highest BCUT2D eigenvalue weighted by molar-refractivity contribution is 5.94. The van der Waals surface area contributed by atoms with E-state index in [1.807, 2.05) is 19.9 Å². The van der Waals surface area contributed by atoms with Crippen LogP contribution in [0, 0.1) is 11.3 Å². The second-order valence-corrected chi connectivity index (χ2v) is 7.12. The van der Waals surface area contributed by atoms with E-state index in [0.717, 1.165) is 11.3 Å². The second kappa shape index (κ2) is 7.43. The smallest absolute Gasteiger partial charge is 0.253 e. The molecule has 0 aliphatic carbocycles. The van der Waals surface area contributed by atoms with Crippen molar-refractivity contribution in [3.05, 3.63) is 53.2 Å². The van der Waals surface area contributed by atoms with Crippen LogP contribution in [0.1, 0.15) is 54.2 Å². The van der Waals surface area contributed by atoms with Crippen molar-refractivity contribution in [2.75, 3.05) is 13.1 Å². The van der Waals surface area contributed by atoms with E-state index in [1.165, 1.54) is 4.90 Å². The minimum atomic E-state index is -2.68. The Morgan fingerprint density at radius 2 is 1.78 bits per heavy atom. The lowest BCUT2D eigenvalue weighted by atomic mass is 10.0. The van der Waals surface area contributed by atoms with E-state index in [-0.39, 0.29) is 37.8 Å². The van der Waals surface area contributed by atoms with Gasteiger partial charge < -0.3 is 4.90 Å². The maximum atomic E-state index is 13.3. The Hall–Kier alpha value is -2.81. The standard InChI is InChI=1S/C21H21F2N3O/c1-14(2)18-8-7-17(13-24)19(25-18)15-3-5-16(6-4-15)20(27)26-11-9-21(22,23)10-12-26/h3-8,14H,9-12H2,1-2H3. The number of benzene rings is 1. The molecule has 0 atom stereocenters. The van der Waals surface area contributed by atoms with Crippen LogP contribution in [0.4, 0.5) is 8.78 Å². The molecular formula is C21H21F2N3O. The van der Waals surface area contributed by atoms with Gasteiger partial charge in [0.05, 0.1) is 11.3 Å². The van der Waals surface area contributed by atoms with Gasteiger partial charge >= 0.3 is 0 Å². The first-order valence-electron chi connectivity index (χ1n) is 8.99. The van der Waals surface area contributed by atoms with Crippen LogP contribution in [0.3, 0.4) is 0 Å². The zero-order valence-corrected chi connectivity index (χ0v) is 15.4. The quantitative estimate of drug-likeness (QED) is 0.793. The molecule has 4 nitrogen and oxygen atoms in total. The SMILES string of the molecule is CC(C)c1ccc(C#N)c(-c2ccc(C(=O)N3CCC(F)(F)CC3)cc2)n1. The Balaban J connectivity index is 1.83. The van der Waals surface area contributed by atoms with Crippen molar-refractivity contribution in [2.45, 2.75) is 38.5 Å². The highest BCUT2D eigenvalue weighted by atomic mass is 19.3. The Kier molecular flexibility index (Phi) is 5.22. The first-order valence-corrected chi connectivity index (χ1v) is 8.99. The molecule has 0 saturated carbocycles. The predicted molar refractivity (Wildman–Crippen MR) is 98.6 cm³/mol. The summed E-state index contributed by atoms with van der Waals surface area (Å²) in [6, 6.07) is 12.6. The maximum absolute atomic E-state index is 13.3. The lowest BCUT2D eigenvalue weighted by Crippen LogP contribution is -2.42. The van der Waals surface area contributed by atoms with Crippen molar-refractivity contribution >= 4 is 5.91 Å². The summed E-state index contributed by atoms with van der Waals surface area (Å²) in [5.41, 5.74) is 3.13. The molecule has 1 aromatic heterocycles. The maximum Gasteiger partial charge on any atom is 0.253 e. The van der Waals surface area contributed by atoms with Crippen LogP contribution in [-0.2, 0) is 0 Å². The number of aromatic nitrogens is 1. The molecule has 0 N–H and O–H groups in total. The highest BCUT2D eigenvalue weighted by Crippen LogP contribution is 2.29. The minimum Gasteiger partial charge on any atom is -0.338 e. The van der Waals surface area contributed by atoms with Crippen LogP contribution in [0.15, 0.2) is 36.4 Å². The van der Waals surface area contributed by atoms with E-state index in [9.17, 15) is 18.8 Å². The topological polar surface area (TPSA) is 57.0 Å². The van der Waals surface area contributed by atoms with E-state index in [1.54, 1.807) is 30.3 Å². The third kappa shape index (κ3) is 4.13. The molecule has 1 fully saturated rings. The fourth-order valence-corrected chi connectivity index (χ4v) is 3.10. The number of alkyl halides is 2. The van der Waals surface area contributed by atoms with Crippen molar-refractivity contribution < 1.29 is 13.6 Å². The molecular weight excluding hydrogens is 348 g/mol. The lowest BCUT2D eigenvalue weighted by Gasteiger charge is -2.31. The normalized spacial score (nSPS) is 16.2. The molecule has 1 aromatic carbocycles. The third-order valence-corrected chi connectivity index (χ3v) is 4.82. The molecule has 0 spiro atoms. The van der Waals surface area contributed by atoms with E-state index in [4.69, 9.17) is 0 Å². The molecule has 0 radical (unpaired) electrons. The lowest BCUT2D eigenvalue weighted by molar-refractivity contribution is -0.0494. The van der Waals surface area contributed by atoms with Gasteiger partial charge in [0.2, 0.25) is 0 Å². The van der Waals surface area contributed by atoms with E-state index in [0.29, 0.717) is 16.8 Å². The first kappa shape index (κ1) is 19.0. The summed E-state index contributed by atoms with van der Waals surface area (Å²) < 4.78 is 26.5. The van der Waals surface area contributed by atoms with Crippen LogP contribution < -0.4 is 0 Å². The van der Waals surface area contributed by atoms with Crippen LogP contribution in [-0.4, -0.2) is 34.8 Å². The minimum absolute atomic E-state index is 0.0597. The van der Waals surface area contributed by atoms with Crippen molar-refractivity contribution in [3.8, 4) is 17.3 Å². The molecule has 3 rings (SSSR count). The van der Waals surface area contributed by atoms with Gasteiger partial charge in [-0.25, -0.2) is 8.78 Å². The number of carbonyl (C=O) groups is 1. The Morgan fingerprint density at radius 3 is 2.33 bits per heavy atom. The van der Waals surface area contributed by atoms with Gasteiger partial charge in [-0.15, -0.1) is 0 Å². The van der Waals surface area contributed by atoms with Gasteiger partial charge in [0.25, 0.3) is 11.8 Å². The summed E-state index contributed by atoms with van der Waals surface area (Å²) in [6.07, 6.45) is -0.595. The molecule has 1 aliphatic rings. The Labute approximate surface area is 157 Å². The Bertz CT molecular complexity index is 875. The van der Waals surface area contributed by atoms with Crippen molar-refractivity contribution in [2.24, 2.45) is 0 Å². The summed E-state index contributed by atoms with van der Waals surface area (Å²) in [5, 5.41) is 9.35. The van der Waals surface area contributed by atoms with Crippen molar-refractivity contribution in [1.82, 2.24) is 9.88 Å². The van der Waals surface area contributed by atoms with Gasteiger partial charge in [-0.2, -0.15) is 5.26 Å². The average Bonchev–Trinajstić information content (AvgIpc) is 2.67. The summed E-state index contributed by atoms with van der Waals surface area (Å²) >= 11 is 0. The summed E-state index contributed by atoms with van der Waals surface area (Å²) in [6.45, 7) is 4.18. The van der Waals surface area contributed by atoms with Gasteiger partial charge in [0.15, 0.2) is 0 Å². The molecule has 140 valence electrons. The zero-order valence-electron chi connectivity index (χ0n) is 15.4. The van der Waals surface area contributed by atoms with Gasteiger partial charge in [-0.3, -0.25) is 9.78 Å². The number of hydrogen-bond acceptors (Lipinski definition) is 3. The fourth-order valence-electron chi connectivity index (χ4n) is 3.10. The first-order chi connectivity index (χ1) is 12.8. The molecule has 0 unspecified atom stereocenters. The molecule has 2 heterocycles. The third-order valence-electron chi connectivity index (χ3n) is 4.82. The van der Waals surface area contributed by atoms with Gasteiger partial charge in [0, 0.05) is 42.8 Å². The van der Waals surface area contributed by atoms with Crippen LogP contribution in [0.5, 0.6) is 0 Å². The van der Waals surface area contributed by atoms with Gasteiger partial charge in [-0.1, -0.05) is 26.0 Å². The number of likely N-dealkylation sites (tertiary alicyclic amines) is 1. The molecule has 27 heavy (non-hydrogen) atoms. The largest absolute Gasteiger partial charge is 0.338 e. The number of rotatable bonds is 3. The number of piperidine rings is 1. The van der Waals surface area contributed by atoms with Crippen LogP contribution >= 0.6 is 0 Å². The number of amides is 1. The predicted octanol–water partition coefficient (Wildman–Crippen LogP) is 4.61. The summed E-state index contributed by atoms with van der Waals surface area (Å²) in [4.78, 5) is 18.6. The molecule has 1 amide bonds. The molecule has 1 saturated heterocycles. The Morgan fingerprint density at radius 1 is 1.15 bits per heavy atom. The summed E-state index contributed by atoms with van der Waals surface area (Å²) in [5.74, 6) is -2.70. The van der Waals surface area contributed by atoms with E-state index in [2.05, 4.69) is 11.1 Å². The molecule has 2 aromatic rings. The highest BCUT2D eigenvalue weighted by Gasteiger charge is 2.35. The average molecular weight is 369 g/mol. The molecule has 0 bridgehead atoms. The van der Waals surface area contributed by atoms with Crippen molar-refractivity contribution in [1.29, 1.82) is 5.26 Å². The number of carbonyl (C=O) groups excluding carboxylic acids is 1. The van der Waals surface area contributed by atoms with E-state index >= 15 is 0 Å². The zero-order chi connectivity index (χ0) is 19.6. The van der Waals surface area contributed by atoms with Crippen molar-refractivity contribution in [3.63, 3.8) is 0 Å². The number of nitriles is 1. The second-order valence-electron chi connectivity index (χ2n) is 7.12. The fraction of sp³-hybridized carbons (Fsp3) is 0.381. The number of hydrogen-bond donors (Lipinski definition) is 0. The van der Waals surface area contributed by atoms with Gasteiger partial charge in [-0.05, 0) is 30.2 Å². The van der Waals surface area contributed by atoms with E-state index < -0.39 is 5.92 Å². The van der Waals surface area contributed by atoms with Crippen LogP contribution in [0.2, 0.25) is 0 Å². The number of halogens is 2. The summed E-state index contributed by atoms with van der Waals surface area (Å²) in [7, 11) is 0.